The topological polar surface area (TPSA) is 96.6 Å². The highest BCUT2D eigenvalue weighted by molar-refractivity contribution is 5.82. The minimum Gasteiger partial charge on any atom is -0.399 e. The molecule has 8 nitrogen and oxygen atoms in total. The van der Waals surface area contributed by atoms with Crippen LogP contribution in [0.25, 0.3) is 16.8 Å². The van der Waals surface area contributed by atoms with Gasteiger partial charge in [-0.3, -0.25) is 4.79 Å². The van der Waals surface area contributed by atoms with E-state index >= 15 is 0 Å². The van der Waals surface area contributed by atoms with Crippen molar-refractivity contribution in [2.75, 3.05) is 50.5 Å². The summed E-state index contributed by atoms with van der Waals surface area (Å²) >= 11 is 0. The first-order valence-electron chi connectivity index (χ1n) is 11.7. The fraction of sp³-hybridized carbons (Fsp3) is 0.296. The molecular formula is C27H32N6O2. The van der Waals surface area contributed by atoms with E-state index in [1.807, 2.05) is 59.2 Å². The Kier molecular flexibility index (Phi) is 7.62. The molecule has 35 heavy (non-hydrogen) atoms. The fourth-order valence-electron chi connectivity index (χ4n) is 4.05. The van der Waals surface area contributed by atoms with Gasteiger partial charge in [-0.05, 0) is 35.7 Å². The normalized spacial score (nSPS) is 13.7. The highest BCUT2D eigenvalue weighted by atomic mass is 16.5. The van der Waals surface area contributed by atoms with Crippen molar-refractivity contribution in [1.29, 1.82) is 0 Å². The second-order valence-corrected chi connectivity index (χ2v) is 8.59. The Morgan fingerprint density at radius 3 is 2.43 bits per heavy atom. The molecular weight excluding hydrogens is 440 g/mol. The lowest BCUT2D eigenvalue weighted by Gasteiger charge is -2.35. The van der Waals surface area contributed by atoms with Crippen LogP contribution in [0.15, 0.2) is 61.2 Å². The van der Waals surface area contributed by atoms with E-state index < -0.39 is 0 Å². The maximum Gasteiger partial charge on any atom is 0.242 e. The number of aryl methyl sites for hydroxylation is 1. The van der Waals surface area contributed by atoms with Crippen molar-refractivity contribution in [3.8, 4) is 11.1 Å². The number of benzene rings is 2. The number of aromatic nitrogens is 2. The third-order valence-corrected chi connectivity index (χ3v) is 6.05. The van der Waals surface area contributed by atoms with Gasteiger partial charge in [0.15, 0.2) is 0 Å². The molecule has 8 heteroatoms. The molecule has 0 aliphatic carbocycles. The minimum absolute atomic E-state index is 0.0834. The van der Waals surface area contributed by atoms with Gasteiger partial charge in [-0.1, -0.05) is 43.0 Å². The van der Waals surface area contributed by atoms with E-state index in [1.54, 1.807) is 7.11 Å². The number of anilines is 2. The predicted molar refractivity (Wildman–Crippen MR) is 140 cm³/mol. The third-order valence-electron chi connectivity index (χ3n) is 6.05. The number of hydrogen-bond acceptors (Lipinski definition) is 7. The van der Waals surface area contributed by atoms with Gasteiger partial charge in [0.25, 0.3) is 0 Å². The Morgan fingerprint density at radius 1 is 1.09 bits per heavy atom. The smallest absolute Gasteiger partial charge is 0.242 e. The average Bonchev–Trinajstić information content (AvgIpc) is 2.87. The number of amides is 1. The Morgan fingerprint density at radius 2 is 1.77 bits per heavy atom. The van der Waals surface area contributed by atoms with E-state index in [1.165, 1.54) is 0 Å². The summed E-state index contributed by atoms with van der Waals surface area (Å²) < 4.78 is 5.10. The molecule has 1 amide bonds. The molecule has 1 saturated heterocycles. The molecule has 0 atom stereocenters. The molecule has 0 spiro atoms. The van der Waals surface area contributed by atoms with Crippen LogP contribution in [-0.2, 0) is 16.1 Å². The summed E-state index contributed by atoms with van der Waals surface area (Å²) in [6, 6.07) is 18.0. The molecule has 0 saturated carbocycles. The number of nitrogens with two attached hydrogens (primary N) is 1. The van der Waals surface area contributed by atoms with Crippen LogP contribution >= 0.6 is 0 Å². The zero-order valence-electron chi connectivity index (χ0n) is 20.3. The van der Waals surface area contributed by atoms with Crippen LogP contribution in [0.5, 0.6) is 0 Å². The summed E-state index contributed by atoms with van der Waals surface area (Å²) in [5, 5.41) is 3.37. The summed E-state index contributed by atoms with van der Waals surface area (Å²) in [4.78, 5) is 25.5. The van der Waals surface area contributed by atoms with Crippen molar-refractivity contribution in [3.05, 3.63) is 78.3 Å². The molecule has 0 bridgehead atoms. The summed E-state index contributed by atoms with van der Waals surface area (Å²) in [5.41, 5.74) is 11.4. The molecule has 1 aromatic heterocycles. The van der Waals surface area contributed by atoms with Crippen molar-refractivity contribution >= 4 is 23.1 Å². The van der Waals surface area contributed by atoms with E-state index in [9.17, 15) is 4.79 Å². The number of rotatable bonds is 9. The molecule has 3 aromatic rings. The van der Waals surface area contributed by atoms with Gasteiger partial charge < -0.3 is 25.6 Å². The lowest BCUT2D eigenvalue weighted by atomic mass is 10.0. The van der Waals surface area contributed by atoms with Crippen molar-refractivity contribution in [1.82, 2.24) is 20.2 Å². The Bertz CT molecular complexity index is 1180. The molecule has 2 heterocycles. The van der Waals surface area contributed by atoms with E-state index in [0.717, 1.165) is 46.1 Å². The lowest BCUT2D eigenvalue weighted by molar-refractivity contribution is -0.131. The number of carbonyl (C=O) groups is 1. The number of ether oxygens (including phenoxy) is 1. The number of hydrogen-bond donors (Lipinski definition) is 2. The highest BCUT2D eigenvalue weighted by Crippen LogP contribution is 2.23. The second-order valence-electron chi connectivity index (χ2n) is 8.59. The van der Waals surface area contributed by atoms with E-state index in [-0.39, 0.29) is 5.91 Å². The van der Waals surface area contributed by atoms with Crippen molar-refractivity contribution in [3.63, 3.8) is 0 Å². The largest absolute Gasteiger partial charge is 0.399 e. The SMILES string of the molecule is C=C(NCc1cc(N2CCN(CCOC)C(=O)C2)nc(C)n1)c1ccc(-c2ccc(N)cc2)cc1. The summed E-state index contributed by atoms with van der Waals surface area (Å²) in [5.74, 6) is 1.53. The first kappa shape index (κ1) is 24.2. The summed E-state index contributed by atoms with van der Waals surface area (Å²) in [6.07, 6.45) is 0. The first-order chi connectivity index (χ1) is 16.9. The molecule has 2 aromatic carbocycles. The number of nitrogen functional groups attached to an aromatic ring is 1. The van der Waals surface area contributed by atoms with Crippen LogP contribution in [0, 0.1) is 6.92 Å². The number of nitrogens with zero attached hydrogens (tertiary/aromatic N) is 4. The molecule has 1 aliphatic rings. The average molecular weight is 473 g/mol. The Balaban J connectivity index is 1.37. The highest BCUT2D eigenvalue weighted by Gasteiger charge is 2.25. The van der Waals surface area contributed by atoms with Gasteiger partial charge in [-0.2, -0.15) is 0 Å². The van der Waals surface area contributed by atoms with Gasteiger partial charge in [0.1, 0.15) is 11.6 Å². The lowest BCUT2D eigenvalue weighted by Crippen LogP contribution is -2.51. The maximum atomic E-state index is 12.5. The van der Waals surface area contributed by atoms with Gasteiger partial charge in [0, 0.05) is 44.2 Å². The molecule has 4 rings (SSSR count). The van der Waals surface area contributed by atoms with Crippen LogP contribution in [-0.4, -0.2) is 60.7 Å². The number of carbonyl (C=O) groups excluding carboxylic acids is 1. The van der Waals surface area contributed by atoms with Crippen LogP contribution in [0.3, 0.4) is 0 Å². The molecule has 182 valence electrons. The van der Waals surface area contributed by atoms with Crippen LogP contribution in [0.1, 0.15) is 17.1 Å². The number of methoxy groups -OCH3 is 1. The second kappa shape index (κ2) is 11.0. The zero-order valence-corrected chi connectivity index (χ0v) is 20.3. The zero-order chi connectivity index (χ0) is 24.8. The first-order valence-corrected chi connectivity index (χ1v) is 11.7. The van der Waals surface area contributed by atoms with Crippen molar-refractivity contribution < 1.29 is 9.53 Å². The van der Waals surface area contributed by atoms with Gasteiger partial charge >= 0.3 is 0 Å². The van der Waals surface area contributed by atoms with Gasteiger partial charge in [-0.15, -0.1) is 0 Å². The van der Waals surface area contributed by atoms with Crippen molar-refractivity contribution in [2.24, 2.45) is 0 Å². The number of piperazine rings is 1. The van der Waals surface area contributed by atoms with Crippen LogP contribution in [0.4, 0.5) is 11.5 Å². The molecule has 0 unspecified atom stereocenters. The standard InChI is InChI=1S/C27H32N6O2/c1-19(21-4-6-22(7-5-21)23-8-10-24(28)11-9-23)29-17-25-16-26(31-20(2)30-25)33-13-12-32(14-15-35-3)27(34)18-33/h4-11,16,29H,1,12-15,17-18,28H2,2-3H3. The van der Waals surface area contributed by atoms with Gasteiger partial charge in [0.05, 0.1) is 25.4 Å². The van der Waals surface area contributed by atoms with Gasteiger partial charge in [0.2, 0.25) is 5.91 Å². The monoisotopic (exact) mass is 472 g/mol. The Hall–Kier alpha value is -3.91. The van der Waals surface area contributed by atoms with Crippen LogP contribution < -0.4 is 16.0 Å². The van der Waals surface area contributed by atoms with E-state index in [4.69, 9.17) is 10.5 Å². The van der Waals surface area contributed by atoms with Gasteiger partial charge in [-0.25, -0.2) is 9.97 Å². The Labute approximate surface area is 206 Å². The fourth-order valence-corrected chi connectivity index (χ4v) is 4.05. The molecule has 1 aliphatic heterocycles. The van der Waals surface area contributed by atoms with Crippen molar-refractivity contribution in [2.45, 2.75) is 13.5 Å². The maximum absolute atomic E-state index is 12.5. The van der Waals surface area contributed by atoms with E-state index in [2.05, 4.69) is 34.0 Å². The third kappa shape index (κ3) is 6.16. The van der Waals surface area contributed by atoms with E-state index in [0.29, 0.717) is 38.6 Å². The summed E-state index contributed by atoms with van der Waals surface area (Å²) in [7, 11) is 1.64. The summed E-state index contributed by atoms with van der Waals surface area (Å²) in [6.45, 7) is 9.42. The molecule has 3 N–H and O–H groups in total. The predicted octanol–water partition coefficient (Wildman–Crippen LogP) is 3.09. The number of nitrogens with one attached hydrogen (secondary N) is 1. The van der Waals surface area contributed by atoms with Crippen LogP contribution in [0.2, 0.25) is 0 Å². The molecule has 1 fully saturated rings. The quantitative estimate of drug-likeness (QED) is 0.462. The minimum atomic E-state index is 0.0834. The molecule has 0 radical (unpaired) electrons.